The minimum Gasteiger partial charge on any atom is -0.308 e. The zero-order chi connectivity index (χ0) is 62.0. The number of alkyl halides is 3. The van der Waals surface area contributed by atoms with Crippen LogP contribution in [-0.2, 0) is 6.18 Å². The van der Waals surface area contributed by atoms with Crippen molar-refractivity contribution >= 4 is 43.6 Å². The van der Waals surface area contributed by atoms with Crippen LogP contribution in [0.5, 0.6) is 0 Å². The van der Waals surface area contributed by atoms with E-state index in [0.29, 0.717) is 88.6 Å². The molecule has 6 heterocycles. The van der Waals surface area contributed by atoms with Gasteiger partial charge in [-0.05, 0) is 147 Å². The largest absolute Gasteiger partial charge is 0.420 e. The van der Waals surface area contributed by atoms with Crippen molar-refractivity contribution in [2.75, 3.05) is 0 Å². The van der Waals surface area contributed by atoms with Crippen LogP contribution in [0.3, 0.4) is 0 Å². The van der Waals surface area contributed by atoms with Gasteiger partial charge in [0.05, 0.1) is 61.8 Å². The van der Waals surface area contributed by atoms with Gasteiger partial charge in [0.1, 0.15) is 17.2 Å². The fourth-order valence-electron chi connectivity index (χ4n) is 13.0. The molecule has 0 bridgehead atoms. The predicted molar refractivity (Wildman–Crippen MR) is 360 cm³/mol. The fraction of sp³-hybridized carbons (Fsp3) is 0.0123. The van der Waals surface area contributed by atoms with Crippen LogP contribution < -0.4 is 0 Å². The van der Waals surface area contributed by atoms with Gasteiger partial charge in [0.15, 0.2) is 0 Å². The van der Waals surface area contributed by atoms with E-state index >= 15 is 22.0 Å². The van der Waals surface area contributed by atoms with Crippen molar-refractivity contribution < 1.29 is 22.0 Å². The first-order valence-electron chi connectivity index (χ1n) is 30.0. The normalized spacial score (nSPS) is 11.8. The zero-order valence-corrected chi connectivity index (χ0v) is 48.9. The number of hydrogen-bond donors (Lipinski definition) is 0. The smallest absolute Gasteiger partial charge is 0.308 e. The summed E-state index contributed by atoms with van der Waals surface area (Å²) in [5.74, 6) is -1.89. The Morgan fingerprint density at radius 1 is 0.250 bits per heavy atom. The number of fused-ring (bicyclic) bond motifs is 6. The van der Waals surface area contributed by atoms with Crippen molar-refractivity contribution in [2.24, 2.45) is 0 Å². The van der Waals surface area contributed by atoms with Gasteiger partial charge in [-0.1, -0.05) is 176 Å². The molecular weight excluding hydrogens is 1150 g/mol. The van der Waals surface area contributed by atoms with E-state index in [9.17, 15) is 0 Å². The molecule has 0 aliphatic heterocycles. The lowest BCUT2D eigenvalue weighted by Gasteiger charge is -2.23. The van der Waals surface area contributed by atoms with E-state index in [1.54, 1.807) is 33.9 Å². The highest BCUT2D eigenvalue weighted by molar-refractivity contribution is 6.13. The number of pyridine rings is 4. The van der Waals surface area contributed by atoms with Crippen molar-refractivity contribution in [1.82, 2.24) is 29.1 Å². The predicted octanol–water partition coefficient (Wildman–Crippen LogP) is 21.8. The Balaban J connectivity index is 1.02. The summed E-state index contributed by atoms with van der Waals surface area (Å²) in [6, 6.07) is 83.6. The second-order valence-corrected chi connectivity index (χ2v) is 22.8. The van der Waals surface area contributed by atoms with E-state index in [0.717, 1.165) is 56.6 Å². The molecular formula is C81H49F5N6. The van der Waals surface area contributed by atoms with Gasteiger partial charge in [0.25, 0.3) is 0 Å². The SMILES string of the molecule is Fc1cccc(F)c1-c1cc(-n2c3cc(-c4ccnc(-c5ccccc5)c4)ccc3c3ccc(-c4ccnc(-c5ccccc5)c4)cc32)c(C(F)(F)F)c(-n2c3cc(-c4ccnc(-c5ccccc5)c4)ccc3c3ccc(-c4ccnc(-c5ccccc5)c4)cc32)c1. The maximum Gasteiger partial charge on any atom is 0.420 e. The molecule has 0 N–H and O–H groups in total. The molecule has 0 amide bonds. The Morgan fingerprint density at radius 3 is 0.793 bits per heavy atom. The van der Waals surface area contributed by atoms with E-state index in [2.05, 4.69) is 0 Å². The van der Waals surface area contributed by atoms with Crippen LogP contribution in [-0.4, -0.2) is 29.1 Å². The first-order valence-corrected chi connectivity index (χ1v) is 30.0. The van der Waals surface area contributed by atoms with Crippen molar-refractivity contribution in [3.05, 3.63) is 315 Å². The van der Waals surface area contributed by atoms with Gasteiger partial charge in [-0.25, -0.2) is 8.78 Å². The number of rotatable bonds is 11. The molecule has 0 fully saturated rings. The van der Waals surface area contributed by atoms with Crippen LogP contribution in [0.2, 0.25) is 0 Å². The highest BCUT2D eigenvalue weighted by Gasteiger charge is 2.40. The van der Waals surface area contributed by atoms with Gasteiger partial charge in [-0.3, -0.25) is 19.9 Å². The molecule has 11 heteroatoms. The van der Waals surface area contributed by atoms with Gasteiger partial charge in [-0.2, -0.15) is 13.2 Å². The first-order chi connectivity index (χ1) is 45.1. The molecule has 0 saturated heterocycles. The molecule has 0 spiro atoms. The Hall–Kier alpha value is -12.0. The van der Waals surface area contributed by atoms with Gasteiger partial charge in [0.2, 0.25) is 0 Å². The summed E-state index contributed by atoms with van der Waals surface area (Å²) in [6.45, 7) is 0. The molecule has 0 aliphatic carbocycles. The lowest BCUT2D eigenvalue weighted by atomic mass is 9.97. The van der Waals surface area contributed by atoms with Crippen LogP contribution in [0, 0.1) is 11.6 Å². The van der Waals surface area contributed by atoms with Crippen LogP contribution in [0.4, 0.5) is 22.0 Å². The zero-order valence-electron chi connectivity index (χ0n) is 48.9. The van der Waals surface area contributed by atoms with Gasteiger partial charge in [0, 0.05) is 68.6 Å². The van der Waals surface area contributed by atoms with Crippen molar-refractivity contribution in [1.29, 1.82) is 0 Å². The molecule has 0 atom stereocenters. The number of nitrogens with zero attached hydrogens (tertiary/aromatic N) is 6. The quantitative estimate of drug-likeness (QED) is 0.121. The molecule has 92 heavy (non-hydrogen) atoms. The molecule has 6 aromatic heterocycles. The van der Waals surface area contributed by atoms with Gasteiger partial charge in [-0.15, -0.1) is 0 Å². The third kappa shape index (κ3) is 9.93. The molecule has 438 valence electrons. The van der Waals surface area contributed by atoms with Crippen LogP contribution in [0.25, 0.3) is 156 Å². The minimum atomic E-state index is -5.13. The number of hydrogen-bond acceptors (Lipinski definition) is 4. The summed E-state index contributed by atoms with van der Waals surface area (Å²) in [4.78, 5) is 18.8. The van der Waals surface area contributed by atoms with Crippen molar-refractivity contribution in [3.63, 3.8) is 0 Å². The van der Waals surface area contributed by atoms with Crippen molar-refractivity contribution in [2.45, 2.75) is 6.18 Å². The lowest BCUT2D eigenvalue weighted by Crippen LogP contribution is -2.16. The average molecular weight is 1200 g/mol. The van der Waals surface area contributed by atoms with Crippen LogP contribution in [0.1, 0.15) is 5.56 Å². The minimum absolute atomic E-state index is 0.116. The topological polar surface area (TPSA) is 61.4 Å². The summed E-state index contributed by atoms with van der Waals surface area (Å²) in [6.07, 6.45) is 1.75. The molecule has 0 unspecified atom stereocenters. The Kier molecular flexibility index (Phi) is 13.6. The summed E-state index contributed by atoms with van der Waals surface area (Å²) in [5.41, 5.74) is 11.6. The van der Waals surface area contributed by atoms with E-state index in [1.165, 1.54) is 18.2 Å². The summed E-state index contributed by atoms with van der Waals surface area (Å²) < 4.78 is 90.4. The Morgan fingerprint density at radius 2 is 0.522 bits per heavy atom. The number of halogens is 5. The maximum atomic E-state index is 17.8. The molecule has 16 aromatic rings. The highest BCUT2D eigenvalue weighted by Crippen LogP contribution is 2.49. The number of benzene rings is 10. The molecule has 16 rings (SSSR count). The highest BCUT2D eigenvalue weighted by atomic mass is 19.4. The Bertz CT molecular complexity index is 4920. The summed E-state index contributed by atoms with van der Waals surface area (Å²) in [7, 11) is 0. The van der Waals surface area contributed by atoms with Gasteiger partial charge < -0.3 is 9.13 Å². The van der Waals surface area contributed by atoms with Crippen LogP contribution in [0.15, 0.2) is 298 Å². The van der Waals surface area contributed by atoms with Crippen molar-refractivity contribution in [3.8, 4) is 112 Å². The first kappa shape index (κ1) is 55.4. The second kappa shape index (κ2) is 22.6. The standard InChI is InChI=1S/C81H49F5N6/c82-67-22-13-23-68(83)79(67)62-48-77(91-73-44-54(58-32-36-87-69(40-58)50-14-5-1-6-15-50)24-28-63(73)64-29-25-55(45-74(64)91)59-33-37-88-70(41-59)51-16-7-2-8-17-51)80(81(84,85)86)78(49-62)92-75-46-56(60-34-38-89-71(42-60)52-18-9-3-10-19-52)26-30-65(75)66-31-27-57(47-76(66)92)61-35-39-90-72(43-61)53-20-11-4-12-21-53/h1-49H. The maximum absolute atomic E-state index is 17.8. The molecule has 0 saturated carbocycles. The molecule has 10 aromatic carbocycles. The van der Waals surface area contributed by atoms with E-state index in [-0.39, 0.29) is 16.9 Å². The fourth-order valence-corrected chi connectivity index (χ4v) is 13.0. The molecule has 6 nitrogen and oxygen atoms in total. The third-order valence-corrected chi connectivity index (χ3v) is 17.3. The van der Waals surface area contributed by atoms with E-state index in [1.807, 2.05) is 243 Å². The summed E-state index contributed by atoms with van der Waals surface area (Å²) in [5, 5.41) is 2.59. The summed E-state index contributed by atoms with van der Waals surface area (Å²) >= 11 is 0. The van der Waals surface area contributed by atoms with E-state index in [4.69, 9.17) is 19.9 Å². The van der Waals surface area contributed by atoms with Crippen LogP contribution >= 0.6 is 0 Å². The lowest BCUT2D eigenvalue weighted by molar-refractivity contribution is -0.137. The monoisotopic (exact) mass is 1200 g/mol. The second-order valence-electron chi connectivity index (χ2n) is 22.8. The number of aromatic nitrogens is 6. The molecule has 0 radical (unpaired) electrons. The molecule has 0 aliphatic rings. The third-order valence-electron chi connectivity index (χ3n) is 17.3. The van der Waals surface area contributed by atoms with E-state index < -0.39 is 28.9 Å². The Labute approximate surface area is 525 Å². The average Bonchev–Trinajstić information content (AvgIpc) is 1.51. The van der Waals surface area contributed by atoms with Gasteiger partial charge >= 0.3 is 6.18 Å².